The maximum atomic E-state index is 9.23. The number of benzene rings is 1. The second-order valence-electron chi connectivity index (χ2n) is 5.29. The number of nitriles is 1. The number of hydrogen-bond acceptors (Lipinski definition) is 3. The van der Waals surface area contributed by atoms with Crippen molar-refractivity contribution in [2.24, 2.45) is 0 Å². The van der Waals surface area contributed by atoms with E-state index in [1.165, 1.54) is 11.1 Å². The molecule has 0 aromatic heterocycles. The van der Waals surface area contributed by atoms with Crippen LogP contribution in [0.3, 0.4) is 0 Å². The summed E-state index contributed by atoms with van der Waals surface area (Å²) in [6.45, 7) is 9.53. The summed E-state index contributed by atoms with van der Waals surface area (Å²) in [7, 11) is 0. The number of nitrogens with one attached hydrogen (secondary N) is 1. The summed E-state index contributed by atoms with van der Waals surface area (Å²) < 4.78 is 5.75. The van der Waals surface area contributed by atoms with Gasteiger partial charge in [0.15, 0.2) is 0 Å². The van der Waals surface area contributed by atoms with Crippen molar-refractivity contribution in [1.82, 2.24) is 5.32 Å². The van der Waals surface area contributed by atoms with Gasteiger partial charge in [-0.05, 0) is 57.0 Å². The molecule has 0 bridgehead atoms. The smallest absolute Gasteiger partial charge is 0.119 e. The summed E-state index contributed by atoms with van der Waals surface area (Å²) in [5.74, 6) is 0.883. The van der Waals surface area contributed by atoms with Crippen LogP contribution in [0.1, 0.15) is 37.8 Å². The first-order chi connectivity index (χ1) is 8.99. The molecule has 0 saturated carbocycles. The summed E-state index contributed by atoms with van der Waals surface area (Å²) in [6, 6.07) is 8.50. The van der Waals surface area contributed by atoms with Crippen LogP contribution in [0, 0.1) is 25.2 Å². The Balaban J connectivity index is 2.50. The van der Waals surface area contributed by atoms with E-state index >= 15 is 0 Å². The van der Waals surface area contributed by atoms with Crippen molar-refractivity contribution in [2.75, 3.05) is 13.2 Å². The van der Waals surface area contributed by atoms with Crippen molar-refractivity contribution in [2.45, 2.75) is 46.1 Å². The zero-order valence-electron chi connectivity index (χ0n) is 12.4. The summed E-state index contributed by atoms with van der Waals surface area (Å²) in [4.78, 5) is 0. The molecule has 3 nitrogen and oxygen atoms in total. The van der Waals surface area contributed by atoms with E-state index in [1.54, 1.807) is 0 Å². The van der Waals surface area contributed by atoms with Gasteiger partial charge in [0, 0.05) is 6.42 Å². The Morgan fingerprint density at radius 2 is 1.89 bits per heavy atom. The fourth-order valence-corrected chi connectivity index (χ4v) is 1.97. The summed E-state index contributed by atoms with van der Waals surface area (Å²) in [6.07, 6.45) is 1.70. The Morgan fingerprint density at radius 1 is 1.26 bits per heavy atom. The molecule has 0 amide bonds. The number of ether oxygens (including phenoxy) is 1. The van der Waals surface area contributed by atoms with E-state index in [2.05, 4.69) is 38.2 Å². The van der Waals surface area contributed by atoms with Gasteiger partial charge in [0.25, 0.3) is 0 Å². The molecule has 0 fully saturated rings. The molecule has 0 aliphatic carbocycles. The van der Waals surface area contributed by atoms with E-state index < -0.39 is 5.54 Å². The van der Waals surface area contributed by atoms with Gasteiger partial charge in [-0.2, -0.15) is 5.26 Å². The predicted octanol–water partition coefficient (Wildman–Crippen LogP) is 3.35. The van der Waals surface area contributed by atoms with Crippen LogP contribution in [0.4, 0.5) is 0 Å². The molecule has 0 saturated heterocycles. The zero-order valence-corrected chi connectivity index (χ0v) is 12.4. The number of rotatable bonds is 7. The third-order valence-electron chi connectivity index (χ3n) is 3.08. The normalized spacial score (nSPS) is 13.6. The van der Waals surface area contributed by atoms with Gasteiger partial charge >= 0.3 is 0 Å². The molecular weight excluding hydrogens is 236 g/mol. The molecule has 0 aliphatic heterocycles. The number of nitrogens with zero attached hydrogens (tertiary/aromatic N) is 1. The first-order valence-electron chi connectivity index (χ1n) is 6.86. The summed E-state index contributed by atoms with van der Waals surface area (Å²) in [5, 5.41) is 12.5. The third kappa shape index (κ3) is 5.32. The van der Waals surface area contributed by atoms with E-state index in [9.17, 15) is 5.26 Å². The lowest BCUT2D eigenvalue weighted by Crippen LogP contribution is -2.42. The lowest BCUT2D eigenvalue weighted by molar-refractivity contribution is 0.267. The van der Waals surface area contributed by atoms with E-state index in [-0.39, 0.29) is 0 Å². The lowest BCUT2D eigenvalue weighted by Gasteiger charge is -2.23. The minimum atomic E-state index is -0.505. The summed E-state index contributed by atoms with van der Waals surface area (Å²) >= 11 is 0. The highest BCUT2D eigenvalue weighted by molar-refractivity contribution is 5.33. The molecule has 0 aliphatic rings. The van der Waals surface area contributed by atoms with Crippen LogP contribution in [0.15, 0.2) is 18.2 Å². The first-order valence-corrected chi connectivity index (χ1v) is 6.86. The van der Waals surface area contributed by atoms with Crippen LogP contribution in [0.2, 0.25) is 0 Å². The second kappa shape index (κ2) is 7.16. The molecule has 1 aromatic rings. The Bertz CT molecular complexity index is 430. The zero-order chi connectivity index (χ0) is 14.3. The van der Waals surface area contributed by atoms with Crippen molar-refractivity contribution < 1.29 is 4.74 Å². The van der Waals surface area contributed by atoms with Crippen LogP contribution < -0.4 is 10.1 Å². The van der Waals surface area contributed by atoms with Crippen molar-refractivity contribution in [3.63, 3.8) is 0 Å². The van der Waals surface area contributed by atoms with Gasteiger partial charge in [-0.15, -0.1) is 0 Å². The average Bonchev–Trinajstić information content (AvgIpc) is 2.35. The maximum absolute atomic E-state index is 9.23. The van der Waals surface area contributed by atoms with Crippen molar-refractivity contribution in [3.05, 3.63) is 29.3 Å². The standard InChI is InChI=1S/C16H24N2O/c1-5-7-18-16(4,12-17)6-8-19-15-10-13(2)9-14(3)11-15/h9-11,18H,5-8H2,1-4H3. The topological polar surface area (TPSA) is 45.0 Å². The molecule has 1 unspecified atom stereocenters. The predicted molar refractivity (Wildman–Crippen MR) is 78.3 cm³/mol. The minimum absolute atomic E-state index is 0.505. The first kappa shape index (κ1) is 15.5. The van der Waals surface area contributed by atoms with Gasteiger partial charge < -0.3 is 4.74 Å². The van der Waals surface area contributed by atoms with Gasteiger partial charge in [0.1, 0.15) is 11.3 Å². The molecule has 0 spiro atoms. The molecule has 19 heavy (non-hydrogen) atoms. The SMILES string of the molecule is CCCNC(C)(C#N)CCOc1cc(C)cc(C)c1. The van der Waals surface area contributed by atoms with Gasteiger partial charge in [-0.1, -0.05) is 13.0 Å². The van der Waals surface area contributed by atoms with E-state index in [0.717, 1.165) is 18.7 Å². The van der Waals surface area contributed by atoms with E-state index in [1.807, 2.05) is 19.1 Å². The van der Waals surface area contributed by atoms with E-state index in [0.29, 0.717) is 13.0 Å². The van der Waals surface area contributed by atoms with Crippen LogP contribution in [0.5, 0.6) is 5.75 Å². The monoisotopic (exact) mass is 260 g/mol. The van der Waals surface area contributed by atoms with Crippen molar-refractivity contribution >= 4 is 0 Å². The highest BCUT2D eigenvalue weighted by Gasteiger charge is 2.22. The van der Waals surface area contributed by atoms with Crippen LogP contribution in [-0.4, -0.2) is 18.7 Å². The molecular formula is C16H24N2O. The highest BCUT2D eigenvalue weighted by atomic mass is 16.5. The van der Waals surface area contributed by atoms with Gasteiger partial charge in [-0.25, -0.2) is 0 Å². The second-order valence-corrected chi connectivity index (χ2v) is 5.29. The van der Waals surface area contributed by atoms with Crippen molar-refractivity contribution in [1.29, 1.82) is 5.26 Å². The lowest BCUT2D eigenvalue weighted by atomic mass is 10.0. The van der Waals surface area contributed by atoms with Crippen LogP contribution >= 0.6 is 0 Å². The molecule has 1 aromatic carbocycles. The average molecular weight is 260 g/mol. The molecule has 1 rings (SSSR count). The Kier molecular flexibility index (Phi) is 5.85. The minimum Gasteiger partial charge on any atom is -0.493 e. The van der Waals surface area contributed by atoms with Gasteiger partial charge in [0.05, 0.1) is 12.7 Å². The van der Waals surface area contributed by atoms with Crippen LogP contribution in [-0.2, 0) is 0 Å². The maximum Gasteiger partial charge on any atom is 0.119 e. The molecule has 3 heteroatoms. The molecule has 1 N–H and O–H groups in total. The largest absolute Gasteiger partial charge is 0.493 e. The quantitative estimate of drug-likeness (QED) is 0.817. The molecule has 104 valence electrons. The van der Waals surface area contributed by atoms with Gasteiger partial charge in [-0.3, -0.25) is 5.32 Å². The molecule has 0 radical (unpaired) electrons. The van der Waals surface area contributed by atoms with Gasteiger partial charge in [0.2, 0.25) is 0 Å². The van der Waals surface area contributed by atoms with E-state index in [4.69, 9.17) is 4.74 Å². The Labute approximate surface area is 116 Å². The highest BCUT2D eigenvalue weighted by Crippen LogP contribution is 2.17. The Hall–Kier alpha value is -1.53. The fourth-order valence-electron chi connectivity index (χ4n) is 1.97. The van der Waals surface area contributed by atoms with Crippen molar-refractivity contribution in [3.8, 4) is 11.8 Å². The molecule has 0 heterocycles. The fraction of sp³-hybridized carbons (Fsp3) is 0.562. The van der Waals surface area contributed by atoms with Crippen LogP contribution in [0.25, 0.3) is 0 Å². The summed E-state index contributed by atoms with van der Waals surface area (Å²) in [5.41, 5.74) is 1.89. The Morgan fingerprint density at radius 3 is 2.42 bits per heavy atom. The number of hydrogen-bond donors (Lipinski definition) is 1. The third-order valence-corrected chi connectivity index (χ3v) is 3.08. The molecule has 1 atom stereocenters. The number of aryl methyl sites for hydroxylation is 2.